The van der Waals surface area contributed by atoms with E-state index in [4.69, 9.17) is 18.9 Å². The summed E-state index contributed by atoms with van der Waals surface area (Å²) in [4.78, 5) is 103. The fraction of sp³-hybridized carbons (Fsp3) is 0.0882. The SMILES string of the molecule is N#CC(C#N)=C1C(=NC2=Cc3sc4c(c3C2(C(=O)OCc2ccccc2)C(=O)OCc2ccccc2)C(C(=O)OCc2ccccc2)(C(=O)OCc2ccccc2)c2cc(N=C3C(=O)c5cc(F)c(F)cc5C3=C(C#N)C#N)sc2-4)C(=O)c2cc(F)c(F)cc21. The summed E-state index contributed by atoms with van der Waals surface area (Å²) < 4.78 is 84.8. The smallest absolute Gasteiger partial charge is 0.334 e. The number of ketones is 2. The number of fused-ring (bicyclic) bond motifs is 7. The summed E-state index contributed by atoms with van der Waals surface area (Å²) in [5.41, 5.74) is -12.4. The van der Waals surface area contributed by atoms with Gasteiger partial charge in [-0.15, -0.1) is 22.7 Å². The summed E-state index contributed by atoms with van der Waals surface area (Å²) in [6.07, 6.45) is 1.14. The lowest BCUT2D eigenvalue weighted by Gasteiger charge is -2.32. The van der Waals surface area contributed by atoms with Crippen LogP contribution in [0.3, 0.4) is 0 Å². The van der Waals surface area contributed by atoms with Crippen molar-refractivity contribution in [3.8, 4) is 34.0 Å². The predicted molar refractivity (Wildman–Crippen MR) is 315 cm³/mol. The molecule has 0 bridgehead atoms. The molecule has 0 aliphatic heterocycles. The molecule has 0 saturated carbocycles. The molecule has 8 aromatic rings. The third kappa shape index (κ3) is 9.56. The fourth-order valence-electron chi connectivity index (χ4n) is 11.1. The van der Waals surface area contributed by atoms with Crippen molar-refractivity contribution in [2.45, 2.75) is 37.3 Å². The molecule has 22 heteroatoms. The van der Waals surface area contributed by atoms with E-state index in [0.29, 0.717) is 46.5 Å². The molecule has 0 saturated heterocycles. The summed E-state index contributed by atoms with van der Waals surface area (Å²) in [5.74, 6) is -13.8. The number of carbonyl (C=O) groups is 6. The summed E-state index contributed by atoms with van der Waals surface area (Å²) in [6, 6.07) is 42.9. The Morgan fingerprint density at radius 1 is 0.444 bits per heavy atom. The van der Waals surface area contributed by atoms with Crippen molar-refractivity contribution < 1.29 is 65.3 Å². The molecule has 4 aliphatic carbocycles. The summed E-state index contributed by atoms with van der Waals surface area (Å²) in [5, 5.41) is 40.8. The highest BCUT2D eigenvalue weighted by atomic mass is 32.1. The van der Waals surface area contributed by atoms with Crippen LogP contribution in [0.25, 0.3) is 27.0 Å². The number of rotatable bonds is 14. The molecule has 6 aromatic carbocycles. The monoisotopic (exact) mass is 1230 g/mol. The first-order valence-corrected chi connectivity index (χ1v) is 28.5. The van der Waals surface area contributed by atoms with Crippen molar-refractivity contribution in [3.05, 3.63) is 258 Å². The second-order valence-corrected chi connectivity index (χ2v) is 22.4. The van der Waals surface area contributed by atoms with Crippen molar-refractivity contribution >= 4 is 91.8 Å². The average Bonchev–Trinajstić information content (AvgIpc) is 1.49. The quantitative estimate of drug-likeness (QED) is 0.0322. The van der Waals surface area contributed by atoms with Gasteiger partial charge in [0.25, 0.3) is 0 Å². The third-order valence-electron chi connectivity index (χ3n) is 15.2. The van der Waals surface area contributed by atoms with Gasteiger partial charge < -0.3 is 18.9 Å². The van der Waals surface area contributed by atoms with Crippen LogP contribution in [-0.2, 0) is 75.4 Å². The zero-order valence-electron chi connectivity index (χ0n) is 45.9. The normalized spacial score (nSPS) is 15.0. The molecule has 0 atom stereocenters. The lowest BCUT2D eigenvalue weighted by atomic mass is 9.70. The number of nitrogens with zero attached hydrogens (tertiary/aromatic N) is 6. The average molecular weight is 1240 g/mol. The van der Waals surface area contributed by atoms with Gasteiger partial charge in [0.05, 0.1) is 15.5 Å². The number of nitriles is 4. The summed E-state index contributed by atoms with van der Waals surface area (Å²) in [6.45, 7) is -2.19. The second-order valence-electron chi connectivity index (χ2n) is 20.3. The predicted octanol–water partition coefficient (Wildman–Crippen LogP) is 12.1. The van der Waals surface area contributed by atoms with Gasteiger partial charge in [0.2, 0.25) is 22.4 Å². The van der Waals surface area contributed by atoms with Crippen molar-refractivity contribution in [3.63, 3.8) is 0 Å². The van der Waals surface area contributed by atoms with Gasteiger partial charge in [0.15, 0.2) is 23.3 Å². The number of halogens is 4. The second kappa shape index (κ2) is 23.5. The molecular weight excluding hydrogens is 1200 g/mol. The van der Waals surface area contributed by atoms with Gasteiger partial charge in [-0.2, -0.15) is 21.0 Å². The minimum absolute atomic E-state index is 0.00251. The van der Waals surface area contributed by atoms with Crippen LogP contribution in [0, 0.1) is 68.6 Å². The van der Waals surface area contributed by atoms with E-state index in [-0.39, 0.29) is 30.8 Å². The van der Waals surface area contributed by atoms with Crippen LogP contribution in [-0.4, -0.2) is 46.9 Å². The number of Topliss-reactive ketones (excluding diaryl/α,β-unsaturated/α-hetero) is 2. The molecule has 12 rings (SSSR count). The molecule has 0 N–H and O–H groups in total. The number of esters is 4. The van der Waals surface area contributed by atoms with Gasteiger partial charge in [0.1, 0.15) is 78.3 Å². The van der Waals surface area contributed by atoms with Crippen LogP contribution >= 0.6 is 22.7 Å². The Morgan fingerprint density at radius 2 is 0.800 bits per heavy atom. The number of ether oxygens (including phenoxy) is 4. The van der Waals surface area contributed by atoms with Gasteiger partial charge in [0, 0.05) is 55.0 Å². The standard InChI is InChI=1S/C68H34F4N6O10S2/c69-46-21-41-43(23-48(46)71)59(79)57(53(41)39(27-73)28-74)77-51-26-50-55(68(51,65(83)87-33-37-17-9-3-10-18-37)66(84)88-34-38-19-11-4-12-20-38)56-62(89-50)61-45(25-52(90-61)78-58-54(40(29-75)30-76)42-22-47(70)49(72)24-44(42)60(58)80)67(56,63(81)85-31-35-13-5-1-6-14-35)64(82)86-32-36-15-7-2-8-16-36/h1-26H,31-34H2. The highest BCUT2D eigenvalue weighted by Gasteiger charge is 2.68. The number of allylic oxidation sites excluding steroid dienone is 4. The van der Waals surface area contributed by atoms with E-state index < -0.39 is 163 Å². The summed E-state index contributed by atoms with van der Waals surface area (Å²) >= 11 is 1.47. The first-order chi connectivity index (χ1) is 43.6. The molecule has 90 heavy (non-hydrogen) atoms. The third-order valence-corrected chi connectivity index (χ3v) is 17.5. The topological polar surface area (TPSA) is 259 Å². The van der Waals surface area contributed by atoms with Crippen LogP contribution < -0.4 is 0 Å². The Bertz CT molecular complexity index is 4690. The van der Waals surface area contributed by atoms with Crippen molar-refractivity contribution in [2.75, 3.05) is 0 Å². The molecule has 0 fully saturated rings. The van der Waals surface area contributed by atoms with Crippen molar-refractivity contribution in [1.29, 1.82) is 21.0 Å². The molecule has 0 unspecified atom stereocenters. The van der Waals surface area contributed by atoms with Crippen molar-refractivity contribution in [1.82, 2.24) is 0 Å². The number of hydrogen-bond acceptors (Lipinski definition) is 18. The van der Waals surface area contributed by atoms with E-state index in [1.54, 1.807) is 146 Å². The molecule has 2 aromatic heterocycles. The minimum atomic E-state index is -3.19. The Morgan fingerprint density at radius 3 is 1.18 bits per heavy atom. The van der Waals surface area contributed by atoms with Crippen LogP contribution in [0.1, 0.15) is 75.7 Å². The molecule has 436 valence electrons. The molecule has 16 nitrogen and oxygen atoms in total. The molecule has 2 heterocycles. The maximum atomic E-state index is 16.2. The van der Waals surface area contributed by atoms with E-state index in [2.05, 4.69) is 9.98 Å². The van der Waals surface area contributed by atoms with Gasteiger partial charge in [-0.3, -0.25) is 28.8 Å². The first kappa shape index (κ1) is 58.6. The van der Waals surface area contributed by atoms with Gasteiger partial charge in [-0.25, -0.2) is 27.5 Å². The van der Waals surface area contributed by atoms with Gasteiger partial charge in [-0.05, 0) is 58.7 Å². The molecular formula is C68H34F4N6O10S2. The van der Waals surface area contributed by atoms with E-state index >= 15 is 28.0 Å². The lowest BCUT2D eigenvalue weighted by molar-refractivity contribution is -0.167. The largest absolute Gasteiger partial charge is 0.459 e. The Hall–Kier alpha value is -11.8. The zero-order valence-corrected chi connectivity index (χ0v) is 47.6. The van der Waals surface area contributed by atoms with Crippen LogP contribution in [0.15, 0.2) is 178 Å². The van der Waals surface area contributed by atoms with Crippen LogP contribution in [0.4, 0.5) is 22.6 Å². The highest BCUT2D eigenvalue weighted by molar-refractivity contribution is 7.25. The Balaban J connectivity index is 1.17. The van der Waals surface area contributed by atoms with E-state index in [0.717, 1.165) is 28.7 Å². The van der Waals surface area contributed by atoms with E-state index in [9.17, 15) is 39.4 Å². The molecule has 0 spiro atoms. The molecule has 0 amide bonds. The fourth-order valence-corrected chi connectivity index (χ4v) is 13.7. The van der Waals surface area contributed by atoms with Crippen molar-refractivity contribution in [2.24, 2.45) is 9.98 Å². The number of thiophene rings is 2. The first-order valence-electron chi connectivity index (χ1n) is 26.8. The van der Waals surface area contributed by atoms with Crippen LogP contribution in [0.2, 0.25) is 0 Å². The van der Waals surface area contributed by atoms with Gasteiger partial charge in [-0.1, -0.05) is 121 Å². The molecule has 4 aliphatic rings. The number of aliphatic imine (C=N–C) groups is 2. The lowest BCUT2D eigenvalue weighted by Crippen LogP contribution is -2.51. The maximum absolute atomic E-state index is 16.2. The van der Waals surface area contributed by atoms with Crippen LogP contribution in [0.5, 0.6) is 0 Å². The molecule has 0 radical (unpaired) electrons. The highest BCUT2D eigenvalue weighted by Crippen LogP contribution is 2.65. The Kier molecular flexibility index (Phi) is 15.3. The van der Waals surface area contributed by atoms with Gasteiger partial charge >= 0.3 is 23.9 Å². The number of benzene rings is 6. The van der Waals surface area contributed by atoms with E-state index in [1.807, 2.05) is 0 Å². The minimum Gasteiger partial charge on any atom is -0.459 e. The summed E-state index contributed by atoms with van der Waals surface area (Å²) in [7, 11) is 0. The Labute approximate surface area is 514 Å². The maximum Gasteiger partial charge on any atom is 0.334 e. The number of hydrogen-bond donors (Lipinski definition) is 0. The number of carbonyl (C=O) groups excluding carboxylic acids is 6. The zero-order chi connectivity index (χ0) is 63.2. The van der Waals surface area contributed by atoms with E-state index in [1.165, 1.54) is 6.07 Å².